The second-order valence-corrected chi connectivity index (χ2v) is 9.33. The van der Waals surface area contributed by atoms with E-state index in [1.807, 2.05) is 19.2 Å². The van der Waals surface area contributed by atoms with Gasteiger partial charge in [0, 0.05) is 11.9 Å². The minimum Gasteiger partial charge on any atom is -0.360 e. The van der Waals surface area contributed by atoms with Crippen molar-refractivity contribution in [1.29, 1.82) is 0 Å². The van der Waals surface area contributed by atoms with Gasteiger partial charge in [-0.15, -0.1) is 11.3 Å². The van der Waals surface area contributed by atoms with E-state index in [0.717, 1.165) is 5.69 Å². The van der Waals surface area contributed by atoms with E-state index in [4.69, 9.17) is 4.52 Å². The summed E-state index contributed by atoms with van der Waals surface area (Å²) in [7, 11) is -3.85. The second kappa shape index (κ2) is 7.09. The molecule has 1 atom stereocenters. The van der Waals surface area contributed by atoms with Crippen molar-refractivity contribution >= 4 is 32.4 Å². The van der Waals surface area contributed by atoms with E-state index >= 15 is 0 Å². The fourth-order valence-electron chi connectivity index (χ4n) is 3.05. The van der Waals surface area contributed by atoms with Crippen LogP contribution in [0.3, 0.4) is 0 Å². The zero-order chi connectivity index (χ0) is 19.1. The number of rotatable bonds is 5. The van der Waals surface area contributed by atoms with Crippen LogP contribution in [0.15, 0.2) is 14.8 Å². The van der Waals surface area contributed by atoms with Gasteiger partial charge in [0.15, 0.2) is 10.9 Å². The molecule has 3 rings (SSSR count). The molecular formula is C16H22N4O4S2. The van der Waals surface area contributed by atoms with Gasteiger partial charge in [-0.1, -0.05) is 19.0 Å². The predicted octanol–water partition coefficient (Wildman–Crippen LogP) is 2.66. The average molecular weight is 399 g/mol. The first-order chi connectivity index (χ1) is 12.2. The number of thiazole rings is 1. The number of sulfonamides is 1. The lowest BCUT2D eigenvalue weighted by Gasteiger charge is -2.22. The molecule has 10 heteroatoms. The molecule has 8 nitrogen and oxygen atoms in total. The van der Waals surface area contributed by atoms with Crippen molar-refractivity contribution in [1.82, 2.24) is 14.4 Å². The van der Waals surface area contributed by atoms with Crippen molar-refractivity contribution in [2.45, 2.75) is 57.4 Å². The zero-order valence-electron chi connectivity index (χ0n) is 15.1. The summed E-state index contributed by atoms with van der Waals surface area (Å²) in [6, 6.07) is -0.764. The number of carbonyl (C=O) groups excluding carboxylic acids is 1. The molecule has 1 N–H and O–H groups in total. The summed E-state index contributed by atoms with van der Waals surface area (Å²) in [6.45, 7) is 7.48. The van der Waals surface area contributed by atoms with E-state index in [2.05, 4.69) is 15.5 Å². The average Bonchev–Trinajstić information content (AvgIpc) is 3.27. The highest BCUT2D eigenvalue weighted by Gasteiger charge is 2.42. The van der Waals surface area contributed by atoms with Crippen molar-refractivity contribution in [2.75, 3.05) is 11.9 Å². The van der Waals surface area contributed by atoms with Gasteiger partial charge in [-0.25, -0.2) is 13.4 Å². The van der Waals surface area contributed by atoms with E-state index in [9.17, 15) is 13.2 Å². The largest absolute Gasteiger partial charge is 0.360 e. The van der Waals surface area contributed by atoms with Crippen LogP contribution < -0.4 is 5.32 Å². The summed E-state index contributed by atoms with van der Waals surface area (Å²) in [5.41, 5.74) is 1.20. The lowest BCUT2D eigenvalue weighted by Crippen LogP contribution is -2.43. The molecule has 0 radical (unpaired) electrons. The summed E-state index contributed by atoms with van der Waals surface area (Å²) in [6.07, 6.45) is 1.09. The zero-order valence-corrected chi connectivity index (χ0v) is 16.8. The van der Waals surface area contributed by atoms with Gasteiger partial charge >= 0.3 is 0 Å². The molecule has 1 aliphatic rings. The van der Waals surface area contributed by atoms with E-state index in [1.54, 1.807) is 13.8 Å². The SMILES string of the molecule is Cc1noc(C)c1S(=O)(=O)N1CCCC1C(=O)Nc1nc(C(C)C)cs1. The van der Waals surface area contributed by atoms with Gasteiger partial charge in [0.2, 0.25) is 15.9 Å². The van der Waals surface area contributed by atoms with Crippen LogP contribution in [0.4, 0.5) is 5.13 Å². The van der Waals surface area contributed by atoms with Crippen LogP contribution in [-0.2, 0) is 14.8 Å². The van der Waals surface area contributed by atoms with Crippen LogP contribution in [0.2, 0.25) is 0 Å². The van der Waals surface area contributed by atoms with Crippen LogP contribution in [0.5, 0.6) is 0 Å². The number of hydrogen-bond acceptors (Lipinski definition) is 7. The number of nitrogens with zero attached hydrogens (tertiary/aromatic N) is 3. The van der Waals surface area contributed by atoms with E-state index in [-0.39, 0.29) is 22.5 Å². The minimum absolute atomic E-state index is 0.0496. The Morgan fingerprint density at radius 2 is 2.15 bits per heavy atom. The molecule has 3 heterocycles. The molecule has 0 spiro atoms. The third-order valence-corrected chi connectivity index (χ3v) is 7.31. The standard InChI is InChI=1S/C16H22N4O4S2/c1-9(2)12-8-25-16(17-12)18-15(21)13-6-5-7-20(13)26(22,23)14-10(3)19-24-11(14)4/h8-9,13H,5-7H2,1-4H3,(H,17,18,21). The van der Waals surface area contributed by atoms with Crippen LogP contribution in [-0.4, -0.2) is 41.4 Å². The maximum Gasteiger partial charge on any atom is 0.249 e. The quantitative estimate of drug-likeness (QED) is 0.830. The molecule has 142 valence electrons. The number of aryl methyl sites for hydroxylation is 2. The van der Waals surface area contributed by atoms with Crippen molar-refractivity contribution in [3.8, 4) is 0 Å². The molecule has 0 aromatic carbocycles. The van der Waals surface area contributed by atoms with Crippen LogP contribution >= 0.6 is 11.3 Å². The van der Waals surface area contributed by atoms with Gasteiger partial charge in [-0.3, -0.25) is 4.79 Å². The minimum atomic E-state index is -3.85. The molecule has 26 heavy (non-hydrogen) atoms. The van der Waals surface area contributed by atoms with Gasteiger partial charge in [0.25, 0.3) is 0 Å². The van der Waals surface area contributed by atoms with Gasteiger partial charge in [-0.2, -0.15) is 4.31 Å². The fraction of sp³-hybridized carbons (Fsp3) is 0.562. The number of carbonyl (C=O) groups is 1. The Bertz CT molecular complexity index is 897. The summed E-state index contributed by atoms with van der Waals surface area (Å²) < 4.78 is 32.3. The maximum absolute atomic E-state index is 13.0. The Hall–Kier alpha value is -1.78. The fourth-order valence-corrected chi connectivity index (χ4v) is 5.87. The highest BCUT2D eigenvalue weighted by atomic mass is 32.2. The first kappa shape index (κ1) is 19.0. The lowest BCUT2D eigenvalue weighted by atomic mass is 10.2. The van der Waals surface area contributed by atoms with Crippen molar-refractivity contribution in [3.63, 3.8) is 0 Å². The van der Waals surface area contributed by atoms with Gasteiger partial charge in [0.1, 0.15) is 16.6 Å². The molecule has 0 bridgehead atoms. The van der Waals surface area contributed by atoms with Crippen LogP contribution in [0.1, 0.15) is 49.8 Å². The number of amides is 1. The maximum atomic E-state index is 13.0. The first-order valence-corrected chi connectivity index (χ1v) is 10.7. The monoisotopic (exact) mass is 398 g/mol. The van der Waals surface area contributed by atoms with Gasteiger partial charge < -0.3 is 9.84 Å². The molecule has 1 unspecified atom stereocenters. The first-order valence-electron chi connectivity index (χ1n) is 8.42. The predicted molar refractivity (Wildman–Crippen MR) is 97.7 cm³/mol. The Morgan fingerprint density at radius 3 is 2.73 bits per heavy atom. The van der Waals surface area contributed by atoms with Gasteiger partial charge in [-0.05, 0) is 32.6 Å². The van der Waals surface area contributed by atoms with Crippen molar-refractivity contribution in [3.05, 3.63) is 22.5 Å². The highest BCUT2D eigenvalue weighted by molar-refractivity contribution is 7.89. The van der Waals surface area contributed by atoms with Crippen LogP contribution in [0.25, 0.3) is 0 Å². The van der Waals surface area contributed by atoms with Gasteiger partial charge in [0.05, 0.1) is 5.69 Å². The van der Waals surface area contributed by atoms with Crippen LogP contribution in [0, 0.1) is 13.8 Å². The third-order valence-electron chi connectivity index (χ3n) is 4.38. The van der Waals surface area contributed by atoms with E-state index < -0.39 is 16.1 Å². The molecule has 1 amide bonds. The third kappa shape index (κ3) is 3.40. The number of aromatic nitrogens is 2. The molecule has 0 saturated carbocycles. The normalized spacial score (nSPS) is 18.6. The molecule has 2 aromatic heterocycles. The molecule has 1 fully saturated rings. The second-order valence-electron chi connectivity index (χ2n) is 6.65. The number of nitrogens with one attached hydrogen (secondary N) is 1. The molecule has 1 aliphatic heterocycles. The van der Waals surface area contributed by atoms with E-state index in [1.165, 1.54) is 15.6 Å². The molecule has 1 saturated heterocycles. The van der Waals surface area contributed by atoms with Crippen molar-refractivity contribution < 1.29 is 17.7 Å². The summed E-state index contributed by atoms with van der Waals surface area (Å²) in [5, 5.41) is 8.86. The van der Waals surface area contributed by atoms with E-state index in [0.29, 0.717) is 30.2 Å². The topological polar surface area (TPSA) is 105 Å². The number of hydrogen-bond donors (Lipinski definition) is 1. The molecular weight excluding hydrogens is 376 g/mol. The summed E-state index contributed by atoms with van der Waals surface area (Å²) in [4.78, 5) is 17.1. The Morgan fingerprint density at radius 1 is 1.42 bits per heavy atom. The lowest BCUT2D eigenvalue weighted by molar-refractivity contribution is -0.119. The highest BCUT2D eigenvalue weighted by Crippen LogP contribution is 2.30. The Kier molecular flexibility index (Phi) is 5.18. The summed E-state index contributed by atoms with van der Waals surface area (Å²) in [5.74, 6) is 0.136. The Labute approximate surface area is 156 Å². The number of anilines is 1. The Balaban J connectivity index is 1.82. The molecule has 0 aliphatic carbocycles. The van der Waals surface area contributed by atoms with Crippen molar-refractivity contribution in [2.24, 2.45) is 0 Å². The molecule has 2 aromatic rings. The smallest absolute Gasteiger partial charge is 0.249 e. The summed E-state index contributed by atoms with van der Waals surface area (Å²) >= 11 is 1.34.